The molecule has 0 atom stereocenters. The summed E-state index contributed by atoms with van der Waals surface area (Å²) < 4.78 is 25.0. The first-order valence-electron chi connectivity index (χ1n) is 4.01. The maximum absolute atomic E-state index is 12.5. The van der Waals surface area contributed by atoms with Crippen LogP contribution in [-0.4, -0.2) is 10.1 Å². The largest absolute Gasteiger partial charge is 0.392 e. The molecule has 0 unspecified atom stereocenters. The molecule has 3 nitrogen and oxygen atoms in total. The van der Waals surface area contributed by atoms with Crippen LogP contribution in [0.3, 0.4) is 0 Å². The Kier molecular flexibility index (Phi) is 4.12. The van der Waals surface area contributed by atoms with E-state index in [0.717, 1.165) is 6.07 Å². The van der Waals surface area contributed by atoms with Crippen molar-refractivity contribution in [1.29, 1.82) is 5.26 Å². The molecular weight excluding hydrogens is 270 g/mol. The third kappa shape index (κ3) is 2.49. The van der Waals surface area contributed by atoms with Crippen molar-refractivity contribution in [3.63, 3.8) is 0 Å². The van der Waals surface area contributed by atoms with Crippen molar-refractivity contribution < 1.29 is 13.9 Å². The van der Waals surface area contributed by atoms with Crippen LogP contribution in [-0.2, 0) is 11.9 Å². The highest BCUT2D eigenvalue weighted by Gasteiger charge is 2.17. The lowest BCUT2D eigenvalue weighted by molar-refractivity contribution is 0.150. The number of aliphatic hydroxyl groups is 1. The predicted octanol–water partition coefficient (Wildman–Crippen LogP) is 2.28. The van der Waals surface area contributed by atoms with Gasteiger partial charge in [0.2, 0.25) is 0 Å². The van der Waals surface area contributed by atoms with Gasteiger partial charge in [-0.2, -0.15) is 5.26 Å². The standard InChI is InChI=1S/C9H7BrF2N2O/c10-2-7-5(4-15)1-6(9(11)12)8(3-13)14-7/h1,9,15H,2,4H2. The summed E-state index contributed by atoms with van der Waals surface area (Å²) in [6, 6.07) is 2.73. The average Bonchev–Trinajstić information content (AvgIpc) is 2.26. The molecule has 0 saturated carbocycles. The molecule has 0 bridgehead atoms. The third-order valence-corrected chi connectivity index (χ3v) is 2.39. The van der Waals surface area contributed by atoms with Gasteiger partial charge in [-0.15, -0.1) is 0 Å². The van der Waals surface area contributed by atoms with Crippen LogP contribution in [0.25, 0.3) is 0 Å². The van der Waals surface area contributed by atoms with Crippen molar-refractivity contribution in [2.45, 2.75) is 18.4 Å². The SMILES string of the molecule is N#Cc1nc(CBr)c(CO)cc1C(F)F. The number of aromatic nitrogens is 1. The van der Waals surface area contributed by atoms with Gasteiger partial charge in [-0.05, 0) is 6.07 Å². The maximum Gasteiger partial charge on any atom is 0.266 e. The van der Waals surface area contributed by atoms with Gasteiger partial charge in [0.05, 0.1) is 17.9 Å². The summed E-state index contributed by atoms with van der Waals surface area (Å²) in [6.45, 7) is -0.376. The quantitative estimate of drug-likeness (QED) is 0.862. The summed E-state index contributed by atoms with van der Waals surface area (Å²) >= 11 is 3.10. The minimum atomic E-state index is -2.76. The van der Waals surface area contributed by atoms with Gasteiger partial charge in [0.15, 0.2) is 0 Å². The van der Waals surface area contributed by atoms with Crippen molar-refractivity contribution in [3.05, 3.63) is 28.6 Å². The number of nitriles is 1. The van der Waals surface area contributed by atoms with Crippen molar-refractivity contribution in [2.24, 2.45) is 0 Å². The molecule has 1 aromatic heterocycles. The summed E-state index contributed by atoms with van der Waals surface area (Å²) in [7, 11) is 0. The van der Waals surface area contributed by atoms with E-state index in [1.54, 1.807) is 6.07 Å². The van der Waals surface area contributed by atoms with Crippen molar-refractivity contribution in [3.8, 4) is 6.07 Å². The van der Waals surface area contributed by atoms with E-state index in [2.05, 4.69) is 20.9 Å². The van der Waals surface area contributed by atoms with Crippen LogP contribution in [0.5, 0.6) is 0 Å². The van der Waals surface area contributed by atoms with Crippen LogP contribution in [0.2, 0.25) is 0 Å². The number of halogens is 3. The van der Waals surface area contributed by atoms with Gasteiger partial charge in [-0.3, -0.25) is 0 Å². The molecule has 1 N–H and O–H groups in total. The first-order valence-corrected chi connectivity index (χ1v) is 5.14. The Bertz CT molecular complexity index is 404. The molecule has 6 heteroatoms. The Morgan fingerprint density at radius 3 is 2.67 bits per heavy atom. The second-order valence-corrected chi connectivity index (χ2v) is 3.30. The number of rotatable bonds is 3. The van der Waals surface area contributed by atoms with E-state index in [1.807, 2.05) is 0 Å². The minimum absolute atomic E-state index is 0.295. The molecule has 0 radical (unpaired) electrons. The van der Waals surface area contributed by atoms with Crippen LogP contribution in [0.4, 0.5) is 8.78 Å². The van der Waals surface area contributed by atoms with E-state index < -0.39 is 12.0 Å². The lowest BCUT2D eigenvalue weighted by Crippen LogP contribution is -2.03. The Labute approximate surface area is 93.5 Å². The maximum atomic E-state index is 12.5. The number of aliphatic hydroxyl groups excluding tert-OH is 1. The van der Waals surface area contributed by atoms with E-state index >= 15 is 0 Å². The smallest absolute Gasteiger partial charge is 0.266 e. The van der Waals surface area contributed by atoms with Crippen LogP contribution in [0.15, 0.2) is 6.07 Å². The van der Waals surface area contributed by atoms with Crippen LogP contribution in [0, 0.1) is 11.3 Å². The van der Waals surface area contributed by atoms with E-state index in [-0.39, 0.29) is 12.3 Å². The van der Waals surface area contributed by atoms with Gasteiger partial charge in [0, 0.05) is 10.9 Å². The van der Waals surface area contributed by atoms with Gasteiger partial charge in [0.25, 0.3) is 6.43 Å². The summed E-state index contributed by atoms with van der Waals surface area (Å²) in [4.78, 5) is 3.75. The van der Waals surface area contributed by atoms with Crippen LogP contribution >= 0.6 is 15.9 Å². The van der Waals surface area contributed by atoms with Crippen LogP contribution in [0.1, 0.15) is 28.9 Å². The topological polar surface area (TPSA) is 56.9 Å². The molecule has 0 saturated heterocycles. The normalized spacial score (nSPS) is 10.4. The molecule has 1 aromatic rings. The summed E-state index contributed by atoms with van der Waals surface area (Å²) in [6.07, 6.45) is -2.76. The van der Waals surface area contributed by atoms with Gasteiger partial charge < -0.3 is 5.11 Å². The van der Waals surface area contributed by atoms with Crippen molar-refractivity contribution >= 4 is 15.9 Å². The lowest BCUT2D eigenvalue weighted by Gasteiger charge is -2.08. The first-order chi connectivity index (χ1) is 7.13. The predicted molar refractivity (Wildman–Crippen MR) is 52.5 cm³/mol. The Morgan fingerprint density at radius 2 is 2.27 bits per heavy atom. The van der Waals surface area contributed by atoms with Gasteiger partial charge >= 0.3 is 0 Å². The highest BCUT2D eigenvalue weighted by atomic mass is 79.9. The van der Waals surface area contributed by atoms with Gasteiger partial charge in [0.1, 0.15) is 11.8 Å². The number of alkyl halides is 3. The number of hydrogen-bond donors (Lipinski definition) is 1. The molecule has 0 aliphatic rings. The molecule has 0 aliphatic heterocycles. The monoisotopic (exact) mass is 276 g/mol. The molecule has 15 heavy (non-hydrogen) atoms. The molecule has 0 fully saturated rings. The Balaban J connectivity index is 3.36. The Hall–Kier alpha value is -1.06. The molecule has 1 rings (SSSR count). The Morgan fingerprint density at radius 1 is 1.60 bits per heavy atom. The highest BCUT2D eigenvalue weighted by molar-refractivity contribution is 9.08. The van der Waals surface area contributed by atoms with Crippen molar-refractivity contribution in [1.82, 2.24) is 4.98 Å². The van der Waals surface area contributed by atoms with Gasteiger partial charge in [-0.25, -0.2) is 13.8 Å². The molecule has 0 amide bonds. The van der Waals surface area contributed by atoms with Crippen molar-refractivity contribution in [2.75, 3.05) is 0 Å². The summed E-state index contributed by atoms with van der Waals surface area (Å²) in [5.41, 5.74) is -0.0254. The number of hydrogen-bond acceptors (Lipinski definition) is 3. The molecule has 0 aliphatic carbocycles. The van der Waals surface area contributed by atoms with E-state index in [0.29, 0.717) is 16.6 Å². The molecule has 0 spiro atoms. The van der Waals surface area contributed by atoms with E-state index in [1.165, 1.54) is 0 Å². The second-order valence-electron chi connectivity index (χ2n) is 2.74. The number of nitrogens with zero attached hydrogens (tertiary/aromatic N) is 2. The molecule has 0 aromatic carbocycles. The second kappa shape index (κ2) is 5.14. The fourth-order valence-electron chi connectivity index (χ4n) is 1.12. The average molecular weight is 277 g/mol. The zero-order chi connectivity index (χ0) is 11.4. The lowest BCUT2D eigenvalue weighted by atomic mass is 10.1. The molecule has 1 heterocycles. The van der Waals surface area contributed by atoms with E-state index in [4.69, 9.17) is 10.4 Å². The zero-order valence-corrected chi connectivity index (χ0v) is 9.13. The minimum Gasteiger partial charge on any atom is -0.392 e. The van der Waals surface area contributed by atoms with Gasteiger partial charge in [-0.1, -0.05) is 15.9 Å². The molecular formula is C9H7BrF2N2O. The molecule has 80 valence electrons. The third-order valence-electron chi connectivity index (χ3n) is 1.86. The highest BCUT2D eigenvalue weighted by Crippen LogP contribution is 2.24. The van der Waals surface area contributed by atoms with Crippen LogP contribution < -0.4 is 0 Å². The fourth-order valence-corrected chi connectivity index (χ4v) is 1.60. The fraction of sp³-hybridized carbons (Fsp3) is 0.333. The zero-order valence-electron chi connectivity index (χ0n) is 7.54. The first kappa shape index (κ1) is 12.0. The summed E-state index contributed by atoms with van der Waals surface area (Å²) in [5.74, 6) is 0. The number of pyridine rings is 1. The van der Waals surface area contributed by atoms with E-state index in [9.17, 15) is 8.78 Å². The summed E-state index contributed by atoms with van der Waals surface area (Å²) in [5, 5.41) is 17.9.